The lowest BCUT2D eigenvalue weighted by atomic mass is 10.1. The van der Waals surface area contributed by atoms with E-state index in [9.17, 15) is 14.0 Å². The zero-order valence-corrected chi connectivity index (χ0v) is 23.8. The summed E-state index contributed by atoms with van der Waals surface area (Å²) >= 11 is 11.8. The first kappa shape index (κ1) is 29.9. The first-order valence-electron chi connectivity index (χ1n) is 12.0. The number of methoxy groups -OCH3 is 2. The van der Waals surface area contributed by atoms with Crippen molar-refractivity contribution in [3.05, 3.63) is 63.6 Å². The van der Waals surface area contributed by atoms with Gasteiger partial charge >= 0.3 is 11.9 Å². The molecular weight excluding hydrogens is 626 g/mol. The number of hydrogen-bond donors (Lipinski definition) is 3. The normalized spacial score (nSPS) is 10.8. The largest absolute Gasteiger partial charge is 0.496 e. The number of rotatable bonds is 5. The number of esters is 1. The minimum atomic E-state index is -1.28. The maximum Gasteiger partial charge on any atom is 0.358 e. The molecule has 0 atom stereocenters. The van der Waals surface area contributed by atoms with Gasteiger partial charge in [0.2, 0.25) is 0 Å². The molecule has 15 nitrogen and oxygen atoms in total. The lowest BCUT2D eigenvalue weighted by Gasteiger charge is -2.10. The number of fused-ring (bicyclic) bond motifs is 2. The fraction of sp³-hybridized carbons (Fsp3) is 0.0769. The molecule has 0 unspecified atom stereocenters. The molecule has 44 heavy (non-hydrogen) atoms. The van der Waals surface area contributed by atoms with E-state index in [0.29, 0.717) is 33.6 Å². The van der Waals surface area contributed by atoms with Crippen LogP contribution in [0.15, 0.2) is 45.7 Å². The third-order valence-corrected chi connectivity index (χ3v) is 6.82. The molecule has 4 aromatic heterocycles. The Morgan fingerprint density at radius 3 is 1.80 bits per heavy atom. The van der Waals surface area contributed by atoms with Crippen LogP contribution in [0, 0.1) is 5.82 Å². The number of nitrogens with zero attached hydrogens (tertiary/aromatic N) is 6. The number of anilines is 2. The molecule has 0 aliphatic carbocycles. The number of carbonyl (C=O) groups excluding carboxylic acids is 1. The van der Waals surface area contributed by atoms with Gasteiger partial charge in [0, 0.05) is 23.3 Å². The SMILES string of the molecule is COC(=O)c1nc(-c2cc3nonc3cc2F)cc(N)c1Cl.COc1cc2nonc2cc1-c1cc(N)c(Cl)c(C(=O)O)n1. The van der Waals surface area contributed by atoms with Crippen molar-refractivity contribution in [3.8, 4) is 28.3 Å². The van der Waals surface area contributed by atoms with E-state index in [1.54, 1.807) is 12.1 Å². The average Bonchev–Trinajstić information content (AvgIpc) is 3.67. The van der Waals surface area contributed by atoms with Gasteiger partial charge in [-0.05, 0) is 44.9 Å². The maximum atomic E-state index is 14.2. The minimum absolute atomic E-state index is 0.0554. The summed E-state index contributed by atoms with van der Waals surface area (Å²) in [5, 5.41) is 23.6. The minimum Gasteiger partial charge on any atom is -0.496 e. The van der Waals surface area contributed by atoms with Crippen LogP contribution in [0.3, 0.4) is 0 Å². The summed E-state index contributed by atoms with van der Waals surface area (Å²) in [6, 6.07) is 8.57. The van der Waals surface area contributed by atoms with Crippen LogP contribution >= 0.6 is 23.2 Å². The standard InChI is InChI=1S/C13H8ClFN4O3.C13H9ClN4O4/c1-21-13(20)12-11(14)7(16)4-8(17-12)5-2-9-10(3-6(5)15)19-22-18-9;1-21-10-4-9-8(17-22-18-9)2-5(10)7-3-6(15)11(14)12(16-7)13(19)20/h2-4H,1H3,(H2,16,17);2-4H,1H3,(H2,15,16)(H,19,20). The topological polar surface area (TPSA) is 228 Å². The van der Waals surface area contributed by atoms with Crippen molar-refractivity contribution in [3.63, 3.8) is 0 Å². The Kier molecular flexibility index (Phi) is 8.11. The first-order chi connectivity index (χ1) is 21.0. The number of aromatic nitrogens is 6. The zero-order valence-electron chi connectivity index (χ0n) is 22.3. The number of benzene rings is 2. The lowest BCUT2D eigenvalue weighted by molar-refractivity contribution is 0.0593. The van der Waals surface area contributed by atoms with Crippen LogP contribution in [0.4, 0.5) is 15.8 Å². The highest BCUT2D eigenvalue weighted by atomic mass is 35.5. The van der Waals surface area contributed by atoms with E-state index in [1.165, 1.54) is 32.4 Å². The summed E-state index contributed by atoms with van der Waals surface area (Å²) in [6.07, 6.45) is 0. The van der Waals surface area contributed by atoms with Gasteiger partial charge in [0.25, 0.3) is 0 Å². The summed E-state index contributed by atoms with van der Waals surface area (Å²) < 4.78 is 33.2. The highest BCUT2D eigenvalue weighted by Crippen LogP contribution is 2.35. The summed E-state index contributed by atoms with van der Waals surface area (Å²) in [5.74, 6) is -2.24. The fourth-order valence-electron chi connectivity index (χ4n) is 3.93. The molecule has 5 N–H and O–H groups in total. The third-order valence-electron chi connectivity index (χ3n) is 6.02. The van der Waals surface area contributed by atoms with E-state index in [4.69, 9.17) is 44.5 Å². The van der Waals surface area contributed by atoms with Gasteiger partial charge in [0.15, 0.2) is 11.4 Å². The van der Waals surface area contributed by atoms with E-state index in [1.807, 2.05) is 0 Å². The quantitative estimate of drug-likeness (QED) is 0.217. The van der Waals surface area contributed by atoms with Gasteiger partial charge in [-0.2, -0.15) is 0 Å². The molecule has 0 radical (unpaired) electrons. The van der Waals surface area contributed by atoms with Crippen molar-refractivity contribution in [2.45, 2.75) is 0 Å². The lowest BCUT2D eigenvalue weighted by Crippen LogP contribution is -2.08. The molecule has 0 spiro atoms. The first-order valence-corrected chi connectivity index (χ1v) is 12.7. The van der Waals surface area contributed by atoms with Crippen LogP contribution in [0.2, 0.25) is 10.0 Å². The highest BCUT2D eigenvalue weighted by Gasteiger charge is 2.21. The molecule has 0 aliphatic rings. The number of carbonyl (C=O) groups is 2. The number of halogens is 3. The number of pyridine rings is 2. The van der Waals surface area contributed by atoms with Crippen LogP contribution in [0.1, 0.15) is 21.0 Å². The Balaban J connectivity index is 0.000000175. The molecule has 0 bridgehead atoms. The van der Waals surface area contributed by atoms with Gasteiger partial charge in [-0.1, -0.05) is 23.2 Å². The maximum absolute atomic E-state index is 14.2. The molecule has 0 amide bonds. The van der Waals surface area contributed by atoms with Crippen molar-refractivity contribution in [1.82, 2.24) is 30.6 Å². The van der Waals surface area contributed by atoms with Crippen LogP contribution in [-0.4, -0.2) is 61.9 Å². The second kappa shape index (κ2) is 11.9. The van der Waals surface area contributed by atoms with Gasteiger partial charge in [-0.25, -0.2) is 33.2 Å². The Bertz CT molecular complexity index is 2090. The van der Waals surface area contributed by atoms with E-state index < -0.39 is 17.8 Å². The van der Waals surface area contributed by atoms with Gasteiger partial charge < -0.3 is 26.0 Å². The Morgan fingerprint density at radius 1 is 0.773 bits per heavy atom. The average molecular weight is 643 g/mol. The number of hydrogen-bond acceptors (Lipinski definition) is 14. The summed E-state index contributed by atoms with van der Waals surface area (Å²) in [4.78, 5) is 30.9. The van der Waals surface area contributed by atoms with Crippen molar-refractivity contribution in [1.29, 1.82) is 0 Å². The second-order valence-corrected chi connectivity index (χ2v) is 9.46. The van der Waals surface area contributed by atoms with Crippen LogP contribution in [-0.2, 0) is 4.74 Å². The summed E-state index contributed by atoms with van der Waals surface area (Å²) in [6.45, 7) is 0. The van der Waals surface area contributed by atoms with Gasteiger partial charge in [-0.15, -0.1) is 0 Å². The monoisotopic (exact) mass is 642 g/mol. The molecule has 4 heterocycles. The number of carboxylic acids is 1. The van der Waals surface area contributed by atoms with Crippen molar-refractivity contribution >= 4 is 68.6 Å². The van der Waals surface area contributed by atoms with Crippen molar-refractivity contribution in [2.24, 2.45) is 0 Å². The Hall–Kier alpha value is -5.61. The highest BCUT2D eigenvalue weighted by molar-refractivity contribution is 6.36. The number of aromatic carboxylic acids is 1. The predicted molar refractivity (Wildman–Crippen MR) is 154 cm³/mol. The third kappa shape index (κ3) is 5.58. The number of ether oxygens (including phenoxy) is 2. The van der Waals surface area contributed by atoms with E-state index >= 15 is 0 Å². The Morgan fingerprint density at radius 2 is 1.25 bits per heavy atom. The predicted octanol–water partition coefficient (Wildman–Crippen LogP) is 4.67. The van der Waals surface area contributed by atoms with Gasteiger partial charge in [0.1, 0.15) is 33.6 Å². The molecule has 0 aliphatic heterocycles. The van der Waals surface area contributed by atoms with Gasteiger partial charge in [0.05, 0.1) is 47.0 Å². The summed E-state index contributed by atoms with van der Waals surface area (Å²) in [7, 11) is 2.65. The molecule has 0 fully saturated rings. The number of nitrogen functional groups attached to an aromatic ring is 2. The molecule has 6 aromatic rings. The zero-order chi connectivity index (χ0) is 31.7. The molecule has 18 heteroatoms. The van der Waals surface area contributed by atoms with Crippen LogP contribution in [0.25, 0.3) is 44.6 Å². The number of nitrogens with two attached hydrogens (primary N) is 2. The van der Waals surface area contributed by atoms with E-state index in [-0.39, 0.29) is 49.6 Å². The fourth-order valence-corrected chi connectivity index (χ4v) is 4.28. The van der Waals surface area contributed by atoms with Crippen LogP contribution in [0.5, 0.6) is 5.75 Å². The molecule has 0 saturated carbocycles. The van der Waals surface area contributed by atoms with E-state index in [2.05, 4.69) is 44.6 Å². The Labute approximate surface area is 254 Å². The number of carboxylic acid groups (broad SMARTS) is 1. The molecular formula is C26H17Cl2FN8O7. The smallest absolute Gasteiger partial charge is 0.358 e. The van der Waals surface area contributed by atoms with Crippen molar-refractivity contribution < 1.29 is 37.8 Å². The molecule has 2 aromatic carbocycles. The summed E-state index contributed by atoms with van der Waals surface area (Å²) in [5.41, 5.74) is 13.7. The molecule has 0 saturated heterocycles. The van der Waals surface area contributed by atoms with E-state index in [0.717, 1.165) is 6.07 Å². The second-order valence-electron chi connectivity index (χ2n) is 8.71. The van der Waals surface area contributed by atoms with Gasteiger partial charge in [-0.3, -0.25) is 0 Å². The molecule has 6 rings (SSSR count). The van der Waals surface area contributed by atoms with Crippen molar-refractivity contribution in [2.75, 3.05) is 25.7 Å². The van der Waals surface area contributed by atoms with Crippen LogP contribution < -0.4 is 16.2 Å². The molecule has 224 valence electrons.